The van der Waals surface area contributed by atoms with Crippen molar-refractivity contribution < 1.29 is 9.26 Å². The number of para-hydroxylation sites is 1. The van der Waals surface area contributed by atoms with Crippen molar-refractivity contribution in [2.45, 2.75) is 44.1 Å². The van der Waals surface area contributed by atoms with Crippen LogP contribution >= 0.6 is 0 Å². The molecule has 2 aromatic heterocycles. The molecule has 0 radical (unpaired) electrons. The highest BCUT2D eigenvalue weighted by molar-refractivity contribution is 5.48. The first kappa shape index (κ1) is 14.7. The summed E-state index contributed by atoms with van der Waals surface area (Å²) in [5, 5.41) is 8.78. The largest absolute Gasteiger partial charge is 0.493 e. The molecule has 6 nitrogen and oxygen atoms in total. The minimum absolute atomic E-state index is 0.116. The van der Waals surface area contributed by atoms with Crippen molar-refractivity contribution in [3.8, 4) is 17.3 Å². The van der Waals surface area contributed by atoms with Crippen molar-refractivity contribution in [1.82, 2.24) is 19.9 Å². The summed E-state index contributed by atoms with van der Waals surface area (Å²) in [6.45, 7) is 0.672. The summed E-state index contributed by atoms with van der Waals surface area (Å²) in [6.07, 6.45) is 7.54. The summed E-state index contributed by atoms with van der Waals surface area (Å²) in [5.74, 6) is 2.32. The van der Waals surface area contributed by atoms with E-state index in [2.05, 4.69) is 21.0 Å². The third-order valence-electron chi connectivity index (χ3n) is 5.27. The number of hydrogen-bond donors (Lipinski definition) is 0. The molecule has 3 aromatic rings. The Kier molecular flexibility index (Phi) is 3.54. The Hall–Kier alpha value is -2.63. The molecular weight excluding hydrogens is 316 g/mol. The molecule has 1 aliphatic heterocycles. The topological polar surface area (TPSA) is 66.0 Å². The molecule has 25 heavy (non-hydrogen) atoms. The van der Waals surface area contributed by atoms with Gasteiger partial charge in [0.1, 0.15) is 11.4 Å². The van der Waals surface area contributed by atoms with E-state index >= 15 is 0 Å². The highest BCUT2D eigenvalue weighted by atomic mass is 16.5. The third-order valence-corrected chi connectivity index (χ3v) is 5.27. The lowest BCUT2D eigenvalue weighted by atomic mass is 9.92. The zero-order valence-corrected chi connectivity index (χ0v) is 14.0. The predicted molar refractivity (Wildman–Crippen MR) is 91.4 cm³/mol. The number of hydrogen-bond acceptors (Lipinski definition) is 5. The quantitative estimate of drug-likeness (QED) is 0.724. The zero-order valence-electron chi connectivity index (χ0n) is 14.0. The number of benzene rings is 1. The van der Waals surface area contributed by atoms with Crippen molar-refractivity contribution >= 4 is 0 Å². The molecule has 0 spiro atoms. The molecule has 1 atom stereocenters. The molecule has 0 saturated heterocycles. The third kappa shape index (κ3) is 2.52. The van der Waals surface area contributed by atoms with Gasteiger partial charge in [-0.05, 0) is 31.4 Å². The molecule has 0 amide bonds. The Morgan fingerprint density at radius 2 is 1.92 bits per heavy atom. The lowest BCUT2D eigenvalue weighted by Gasteiger charge is -2.23. The number of fused-ring (bicyclic) bond motifs is 1. The Labute approximate surface area is 145 Å². The summed E-state index contributed by atoms with van der Waals surface area (Å²) < 4.78 is 13.4. The Morgan fingerprint density at radius 3 is 2.84 bits per heavy atom. The minimum atomic E-state index is 0.116. The van der Waals surface area contributed by atoms with E-state index in [1.54, 1.807) is 0 Å². The van der Waals surface area contributed by atoms with Crippen molar-refractivity contribution in [3.05, 3.63) is 47.9 Å². The van der Waals surface area contributed by atoms with Gasteiger partial charge in [0.25, 0.3) is 5.89 Å². The molecule has 2 aliphatic rings. The first-order valence-corrected chi connectivity index (χ1v) is 8.99. The fourth-order valence-corrected chi connectivity index (χ4v) is 4.01. The molecule has 1 unspecified atom stereocenters. The number of aromatic nitrogens is 4. The standard InChI is InChI=1S/C19H20N4O2/c1-2-6-13(5-1)23-16(9-11-20-23)19-21-18(22-25-19)15-10-12-24-17-8-4-3-7-14(15)17/h3-4,7-9,11,13,15H,1-2,5-6,10,12H2. The van der Waals surface area contributed by atoms with Crippen LogP contribution in [0.5, 0.6) is 5.75 Å². The normalized spacial score (nSPS) is 20.4. The van der Waals surface area contributed by atoms with Crippen LogP contribution in [-0.4, -0.2) is 26.5 Å². The van der Waals surface area contributed by atoms with Crippen molar-refractivity contribution in [2.75, 3.05) is 6.61 Å². The van der Waals surface area contributed by atoms with Crippen LogP contribution in [-0.2, 0) is 0 Å². The minimum Gasteiger partial charge on any atom is -0.493 e. The van der Waals surface area contributed by atoms with Gasteiger partial charge in [-0.15, -0.1) is 0 Å². The first-order chi connectivity index (χ1) is 12.4. The summed E-state index contributed by atoms with van der Waals surface area (Å²) in [6, 6.07) is 10.5. The monoisotopic (exact) mass is 336 g/mol. The van der Waals surface area contributed by atoms with E-state index in [1.165, 1.54) is 25.7 Å². The van der Waals surface area contributed by atoms with Gasteiger partial charge in [-0.1, -0.05) is 36.2 Å². The SMILES string of the molecule is c1ccc2c(c1)OCCC2c1noc(-c2ccnn2C2CCCC2)n1. The highest BCUT2D eigenvalue weighted by Crippen LogP contribution is 2.38. The maximum Gasteiger partial charge on any atom is 0.276 e. The average Bonchev–Trinajstić information content (AvgIpc) is 3.41. The predicted octanol–water partition coefficient (Wildman–Crippen LogP) is 3.96. The molecule has 1 aliphatic carbocycles. The molecule has 6 heteroatoms. The zero-order chi connectivity index (χ0) is 16.6. The van der Waals surface area contributed by atoms with Crippen LogP contribution in [0.4, 0.5) is 0 Å². The molecule has 5 rings (SSSR count). The second-order valence-corrected chi connectivity index (χ2v) is 6.78. The van der Waals surface area contributed by atoms with Crippen LogP contribution in [0.25, 0.3) is 11.6 Å². The van der Waals surface area contributed by atoms with E-state index in [4.69, 9.17) is 14.2 Å². The van der Waals surface area contributed by atoms with Gasteiger partial charge in [0.15, 0.2) is 5.82 Å². The van der Waals surface area contributed by atoms with Gasteiger partial charge in [0.2, 0.25) is 0 Å². The smallest absolute Gasteiger partial charge is 0.276 e. The second kappa shape index (κ2) is 6.02. The lowest BCUT2D eigenvalue weighted by Crippen LogP contribution is -2.16. The van der Waals surface area contributed by atoms with Crippen LogP contribution in [0.15, 0.2) is 41.1 Å². The van der Waals surface area contributed by atoms with Gasteiger partial charge in [-0.3, -0.25) is 4.68 Å². The molecule has 128 valence electrons. The Balaban J connectivity index is 1.48. The van der Waals surface area contributed by atoms with Crippen molar-refractivity contribution in [1.29, 1.82) is 0 Å². The molecular formula is C19H20N4O2. The van der Waals surface area contributed by atoms with E-state index in [-0.39, 0.29) is 5.92 Å². The van der Waals surface area contributed by atoms with Gasteiger partial charge >= 0.3 is 0 Å². The van der Waals surface area contributed by atoms with Gasteiger partial charge in [0, 0.05) is 11.8 Å². The van der Waals surface area contributed by atoms with Crippen molar-refractivity contribution in [3.63, 3.8) is 0 Å². The Morgan fingerprint density at radius 1 is 1.04 bits per heavy atom. The summed E-state index contributed by atoms with van der Waals surface area (Å²) in [7, 11) is 0. The maximum absolute atomic E-state index is 5.74. The molecule has 0 N–H and O–H groups in total. The highest BCUT2D eigenvalue weighted by Gasteiger charge is 2.28. The fourth-order valence-electron chi connectivity index (χ4n) is 4.01. The lowest BCUT2D eigenvalue weighted by molar-refractivity contribution is 0.272. The van der Waals surface area contributed by atoms with Crippen LogP contribution < -0.4 is 4.74 Å². The summed E-state index contributed by atoms with van der Waals surface area (Å²) >= 11 is 0. The van der Waals surface area contributed by atoms with E-state index in [0.717, 1.165) is 29.3 Å². The molecule has 1 aromatic carbocycles. The van der Waals surface area contributed by atoms with Crippen LogP contribution in [0.3, 0.4) is 0 Å². The maximum atomic E-state index is 5.74. The second-order valence-electron chi connectivity index (χ2n) is 6.78. The number of rotatable bonds is 3. The molecule has 1 saturated carbocycles. The molecule has 3 heterocycles. The fraction of sp³-hybridized carbons (Fsp3) is 0.421. The Bertz CT molecular complexity index is 879. The van der Waals surface area contributed by atoms with Gasteiger partial charge in [-0.25, -0.2) is 0 Å². The van der Waals surface area contributed by atoms with Crippen molar-refractivity contribution in [2.24, 2.45) is 0 Å². The van der Waals surface area contributed by atoms with Gasteiger partial charge < -0.3 is 9.26 Å². The van der Waals surface area contributed by atoms with Gasteiger partial charge in [0.05, 0.1) is 18.6 Å². The first-order valence-electron chi connectivity index (χ1n) is 8.99. The van der Waals surface area contributed by atoms with E-state index in [9.17, 15) is 0 Å². The van der Waals surface area contributed by atoms with E-state index < -0.39 is 0 Å². The van der Waals surface area contributed by atoms with Crippen LogP contribution in [0.1, 0.15) is 55.5 Å². The summed E-state index contributed by atoms with van der Waals surface area (Å²) in [5.41, 5.74) is 2.05. The number of ether oxygens (including phenoxy) is 1. The number of nitrogens with zero attached hydrogens (tertiary/aromatic N) is 4. The average molecular weight is 336 g/mol. The van der Waals surface area contributed by atoms with Crippen LogP contribution in [0.2, 0.25) is 0 Å². The molecule has 1 fully saturated rings. The van der Waals surface area contributed by atoms with Crippen LogP contribution in [0, 0.1) is 0 Å². The molecule has 0 bridgehead atoms. The van der Waals surface area contributed by atoms with E-state index in [0.29, 0.717) is 18.5 Å². The van der Waals surface area contributed by atoms with Gasteiger partial charge in [-0.2, -0.15) is 10.1 Å². The van der Waals surface area contributed by atoms with E-state index in [1.807, 2.05) is 30.5 Å². The summed E-state index contributed by atoms with van der Waals surface area (Å²) in [4.78, 5) is 4.71.